The molecule has 1 saturated heterocycles. The van der Waals surface area contributed by atoms with Gasteiger partial charge in [-0.3, -0.25) is 9.59 Å². The average molecular weight is 425 g/mol. The molecule has 160 valence electrons. The first-order chi connectivity index (χ1) is 13.5. The topological polar surface area (TPSA) is 84.9 Å². The lowest BCUT2D eigenvalue weighted by Crippen LogP contribution is -2.43. The van der Waals surface area contributed by atoms with Crippen molar-refractivity contribution in [1.29, 1.82) is 0 Å². The van der Waals surface area contributed by atoms with Gasteiger partial charge in [-0.2, -0.15) is 0 Å². The molecule has 0 radical (unpaired) electrons. The van der Waals surface area contributed by atoms with E-state index in [1.165, 1.54) is 6.92 Å². The molecule has 29 heavy (non-hydrogen) atoms. The van der Waals surface area contributed by atoms with Gasteiger partial charge >= 0.3 is 12.1 Å². The molecule has 1 N–H and O–H groups in total. The Balaban J connectivity index is 1.83. The minimum atomic E-state index is -0.940. The maximum absolute atomic E-state index is 12.4. The van der Waals surface area contributed by atoms with Crippen molar-refractivity contribution in [2.75, 3.05) is 18.4 Å². The van der Waals surface area contributed by atoms with Gasteiger partial charge in [0.15, 0.2) is 6.10 Å². The van der Waals surface area contributed by atoms with Crippen LogP contribution in [0.15, 0.2) is 18.2 Å². The van der Waals surface area contributed by atoms with Crippen LogP contribution in [0.4, 0.5) is 10.5 Å². The molecular weight excluding hydrogens is 396 g/mol. The van der Waals surface area contributed by atoms with Crippen LogP contribution >= 0.6 is 11.6 Å². The van der Waals surface area contributed by atoms with Crippen molar-refractivity contribution in [1.82, 2.24) is 4.90 Å². The average Bonchev–Trinajstić information content (AvgIpc) is 2.64. The summed E-state index contributed by atoms with van der Waals surface area (Å²) in [6.45, 7) is 9.59. The predicted molar refractivity (Wildman–Crippen MR) is 111 cm³/mol. The lowest BCUT2D eigenvalue weighted by atomic mass is 9.97. The van der Waals surface area contributed by atoms with Gasteiger partial charge in [0.1, 0.15) is 5.60 Å². The van der Waals surface area contributed by atoms with Crippen molar-refractivity contribution in [2.24, 2.45) is 5.92 Å². The number of rotatable bonds is 4. The fourth-order valence-corrected chi connectivity index (χ4v) is 3.10. The number of carbonyl (C=O) groups is 3. The van der Waals surface area contributed by atoms with E-state index in [0.717, 1.165) is 5.56 Å². The van der Waals surface area contributed by atoms with Crippen LogP contribution in [0.25, 0.3) is 0 Å². The molecule has 1 aliphatic heterocycles. The molecule has 1 aliphatic rings. The van der Waals surface area contributed by atoms with E-state index in [-0.39, 0.29) is 12.0 Å². The van der Waals surface area contributed by atoms with Gasteiger partial charge in [-0.25, -0.2) is 4.79 Å². The number of hydrogen-bond acceptors (Lipinski definition) is 5. The first-order valence-corrected chi connectivity index (χ1v) is 10.1. The molecule has 0 unspecified atom stereocenters. The minimum absolute atomic E-state index is 0.350. The number of ether oxygens (including phenoxy) is 2. The summed E-state index contributed by atoms with van der Waals surface area (Å²) in [7, 11) is 0. The fraction of sp³-hybridized carbons (Fsp3) is 0.571. The number of hydrogen-bond donors (Lipinski definition) is 1. The Hall–Kier alpha value is -2.28. The SMILES string of the molecule is Cc1c(Cl)cccc1NC(=O)[C@H](C)OC(=O)C1CCN(C(=O)OC(C)(C)C)CC1. The highest BCUT2D eigenvalue weighted by atomic mass is 35.5. The van der Waals surface area contributed by atoms with Gasteiger partial charge in [0.2, 0.25) is 0 Å². The molecule has 1 atom stereocenters. The third-order valence-corrected chi connectivity index (χ3v) is 5.08. The largest absolute Gasteiger partial charge is 0.452 e. The second kappa shape index (κ2) is 9.48. The molecule has 1 aromatic rings. The second-order valence-corrected chi connectivity index (χ2v) is 8.63. The van der Waals surface area contributed by atoms with Crippen molar-refractivity contribution in [3.8, 4) is 0 Å². The number of piperidine rings is 1. The molecule has 0 aromatic heterocycles. The first-order valence-electron chi connectivity index (χ1n) is 9.72. The predicted octanol–water partition coefficient (Wildman–Crippen LogP) is 4.17. The monoisotopic (exact) mass is 424 g/mol. The molecule has 1 aromatic carbocycles. The van der Waals surface area contributed by atoms with Crippen molar-refractivity contribution >= 4 is 35.3 Å². The van der Waals surface area contributed by atoms with Crippen LogP contribution in [0.1, 0.15) is 46.1 Å². The molecule has 0 bridgehead atoms. The molecule has 2 rings (SSSR count). The van der Waals surface area contributed by atoms with Gasteiger partial charge in [0.25, 0.3) is 5.91 Å². The quantitative estimate of drug-likeness (QED) is 0.733. The Kier molecular flexibility index (Phi) is 7.52. The Bertz CT molecular complexity index is 767. The summed E-state index contributed by atoms with van der Waals surface area (Å²) in [6.07, 6.45) is -0.377. The number of carbonyl (C=O) groups excluding carboxylic acids is 3. The number of anilines is 1. The summed E-state index contributed by atoms with van der Waals surface area (Å²) in [4.78, 5) is 38.5. The summed E-state index contributed by atoms with van der Waals surface area (Å²) in [5.74, 6) is -1.20. The van der Waals surface area contributed by atoms with Gasteiger partial charge in [-0.15, -0.1) is 0 Å². The Morgan fingerprint density at radius 1 is 1.21 bits per heavy atom. The smallest absolute Gasteiger partial charge is 0.410 e. The lowest BCUT2D eigenvalue weighted by Gasteiger charge is -2.32. The van der Waals surface area contributed by atoms with Crippen LogP contribution in [-0.2, 0) is 19.1 Å². The Morgan fingerprint density at radius 2 is 1.83 bits per heavy atom. The number of nitrogens with zero attached hydrogens (tertiary/aromatic N) is 1. The fourth-order valence-electron chi connectivity index (χ4n) is 2.93. The van der Waals surface area contributed by atoms with E-state index in [0.29, 0.717) is 36.6 Å². The van der Waals surface area contributed by atoms with E-state index in [4.69, 9.17) is 21.1 Å². The van der Waals surface area contributed by atoms with Crippen molar-refractivity contribution in [3.63, 3.8) is 0 Å². The number of nitrogens with one attached hydrogen (secondary N) is 1. The molecule has 1 heterocycles. The molecule has 1 fully saturated rings. The second-order valence-electron chi connectivity index (χ2n) is 8.22. The number of likely N-dealkylation sites (tertiary alicyclic amines) is 1. The van der Waals surface area contributed by atoms with Gasteiger partial charge < -0.3 is 19.7 Å². The molecule has 0 spiro atoms. The molecule has 0 saturated carbocycles. The maximum atomic E-state index is 12.4. The van der Waals surface area contributed by atoms with Gasteiger partial charge in [0, 0.05) is 23.8 Å². The van der Waals surface area contributed by atoms with Gasteiger partial charge in [0.05, 0.1) is 5.92 Å². The molecule has 2 amide bonds. The van der Waals surface area contributed by atoms with Gasteiger partial charge in [-0.05, 0) is 65.2 Å². The van der Waals surface area contributed by atoms with Crippen LogP contribution in [0.5, 0.6) is 0 Å². The van der Waals surface area contributed by atoms with Crippen molar-refractivity contribution < 1.29 is 23.9 Å². The summed E-state index contributed by atoms with van der Waals surface area (Å²) in [6, 6.07) is 5.21. The summed E-state index contributed by atoms with van der Waals surface area (Å²) >= 11 is 6.06. The van der Waals surface area contributed by atoms with E-state index in [9.17, 15) is 14.4 Å². The number of halogens is 1. The zero-order chi connectivity index (χ0) is 21.8. The van der Waals surface area contributed by atoms with E-state index in [1.807, 2.05) is 20.8 Å². The third-order valence-electron chi connectivity index (χ3n) is 4.67. The van der Waals surface area contributed by atoms with Crippen LogP contribution in [0.2, 0.25) is 5.02 Å². The number of esters is 1. The number of amides is 2. The van der Waals surface area contributed by atoms with Crippen LogP contribution in [0.3, 0.4) is 0 Å². The zero-order valence-electron chi connectivity index (χ0n) is 17.6. The highest BCUT2D eigenvalue weighted by Gasteiger charge is 2.32. The Morgan fingerprint density at radius 3 is 2.41 bits per heavy atom. The van der Waals surface area contributed by atoms with E-state index >= 15 is 0 Å². The van der Waals surface area contributed by atoms with E-state index < -0.39 is 23.6 Å². The van der Waals surface area contributed by atoms with Crippen molar-refractivity contribution in [3.05, 3.63) is 28.8 Å². The van der Waals surface area contributed by atoms with Crippen molar-refractivity contribution in [2.45, 2.75) is 59.2 Å². The summed E-state index contributed by atoms with van der Waals surface area (Å²) in [5, 5.41) is 3.28. The minimum Gasteiger partial charge on any atom is -0.452 e. The first kappa shape index (κ1) is 23.0. The molecule has 8 heteroatoms. The van der Waals surface area contributed by atoms with E-state index in [1.54, 1.807) is 30.0 Å². The highest BCUT2D eigenvalue weighted by molar-refractivity contribution is 6.31. The Labute approximate surface area is 176 Å². The molecular formula is C21H29ClN2O5. The maximum Gasteiger partial charge on any atom is 0.410 e. The molecule has 0 aliphatic carbocycles. The third kappa shape index (κ3) is 6.63. The van der Waals surface area contributed by atoms with Crippen LogP contribution in [0, 0.1) is 12.8 Å². The van der Waals surface area contributed by atoms with Gasteiger partial charge in [-0.1, -0.05) is 17.7 Å². The molecule has 7 nitrogen and oxygen atoms in total. The summed E-state index contributed by atoms with van der Waals surface area (Å²) < 4.78 is 10.7. The zero-order valence-corrected chi connectivity index (χ0v) is 18.3. The highest BCUT2D eigenvalue weighted by Crippen LogP contribution is 2.24. The lowest BCUT2D eigenvalue weighted by molar-refractivity contribution is -0.158. The van der Waals surface area contributed by atoms with E-state index in [2.05, 4.69) is 5.32 Å². The summed E-state index contributed by atoms with van der Waals surface area (Å²) in [5.41, 5.74) is 0.767. The van der Waals surface area contributed by atoms with Crippen LogP contribution in [-0.4, -0.2) is 47.7 Å². The number of benzene rings is 1. The van der Waals surface area contributed by atoms with Crippen LogP contribution < -0.4 is 5.32 Å². The normalized spacial score (nSPS) is 16.1. The standard InChI is InChI=1S/C21H29ClN2O5/c1-13-16(22)7-6-8-17(13)23-18(25)14(2)28-19(26)15-9-11-24(12-10-15)20(27)29-21(3,4)5/h6-8,14-15H,9-12H2,1-5H3,(H,23,25)/t14-/m0/s1.